The van der Waals surface area contributed by atoms with Gasteiger partial charge in [0.25, 0.3) is 0 Å². The van der Waals surface area contributed by atoms with Crippen molar-refractivity contribution < 1.29 is 13.2 Å². The Morgan fingerprint density at radius 1 is 1.21 bits per heavy atom. The number of benzene rings is 1. The Balaban J connectivity index is 0.000000410. The molecule has 162 valence electrons. The van der Waals surface area contributed by atoms with Crippen LogP contribution in [0.25, 0.3) is 0 Å². The van der Waals surface area contributed by atoms with Crippen LogP contribution in [-0.2, 0) is 6.61 Å². The van der Waals surface area contributed by atoms with E-state index in [0.29, 0.717) is 18.4 Å². The topological polar surface area (TPSA) is 106 Å². The number of hydrogen-bond acceptors (Lipinski definition) is 7. The van der Waals surface area contributed by atoms with Crippen molar-refractivity contribution in [2.45, 2.75) is 32.0 Å². The average molecular weight is 404 g/mol. The van der Waals surface area contributed by atoms with Gasteiger partial charge in [0.1, 0.15) is 6.17 Å². The van der Waals surface area contributed by atoms with Crippen molar-refractivity contribution in [1.29, 1.82) is 0 Å². The lowest BCUT2D eigenvalue weighted by Gasteiger charge is -2.29. The molecule has 3 heterocycles. The molecule has 7 heteroatoms. The standard InChI is InChI=1S/C15H25N5O.C7H8O.2H2/c16-15-14(19-9-11-4-8-20(21)10-11)13(3-7-18-15)12-1-5-17-6-2-12;8-6-7-4-2-1-3-5-7;;/h3,7,9,11-12,15,17-18,21H,1-2,4-6,8,10,16H2;1-5,8H,6H2;2*1H. The highest BCUT2D eigenvalue weighted by Crippen LogP contribution is 2.28. The molecule has 0 amide bonds. The van der Waals surface area contributed by atoms with Crippen molar-refractivity contribution in [2.24, 2.45) is 22.6 Å². The zero-order valence-electron chi connectivity index (χ0n) is 16.9. The van der Waals surface area contributed by atoms with Gasteiger partial charge < -0.3 is 26.7 Å². The normalized spacial score (nSPS) is 25.8. The third-order valence-corrected chi connectivity index (χ3v) is 5.56. The lowest BCUT2D eigenvalue weighted by atomic mass is 9.87. The summed E-state index contributed by atoms with van der Waals surface area (Å²) in [5, 5.41) is 25.9. The predicted octanol–water partition coefficient (Wildman–Crippen LogP) is 2.09. The first-order valence-corrected chi connectivity index (χ1v) is 10.4. The number of aliphatic hydroxyl groups excluding tert-OH is 1. The third-order valence-electron chi connectivity index (χ3n) is 5.56. The minimum absolute atomic E-state index is 0. The van der Waals surface area contributed by atoms with E-state index < -0.39 is 0 Å². The van der Waals surface area contributed by atoms with Crippen LogP contribution in [0.2, 0.25) is 0 Å². The van der Waals surface area contributed by atoms with Gasteiger partial charge >= 0.3 is 0 Å². The van der Waals surface area contributed by atoms with Gasteiger partial charge in [-0.3, -0.25) is 4.99 Å². The Morgan fingerprint density at radius 3 is 2.59 bits per heavy atom. The molecule has 2 atom stereocenters. The molecule has 0 aliphatic carbocycles. The molecule has 6 N–H and O–H groups in total. The maximum absolute atomic E-state index is 9.45. The Labute approximate surface area is 175 Å². The van der Waals surface area contributed by atoms with Crippen molar-refractivity contribution in [1.82, 2.24) is 15.7 Å². The minimum Gasteiger partial charge on any atom is -0.392 e. The SMILES string of the molecule is NC1NC=CC(C2CCNCC2)=C1N=CC1CCN(O)C1.OCc1ccccc1.[HH].[HH]. The lowest BCUT2D eigenvalue weighted by molar-refractivity contribution is -0.0694. The quantitative estimate of drug-likeness (QED) is 0.493. The summed E-state index contributed by atoms with van der Waals surface area (Å²) in [6, 6.07) is 9.52. The molecule has 0 saturated carbocycles. The van der Waals surface area contributed by atoms with Gasteiger partial charge in [0.05, 0.1) is 12.3 Å². The minimum atomic E-state index is -0.234. The van der Waals surface area contributed by atoms with Gasteiger partial charge in [0, 0.05) is 28.1 Å². The molecular weight excluding hydrogens is 366 g/mol. The van der Waals surface area contributed by atoms with E-state index in [1.54, 1.807) is 0 Å². The average Bonchev–Trinajstić information content (AvgIpc) is 3.19. The summed E-state index contributed by atoms with van der Waals surface area (Å²) in [5.41, 5.74) is 9.38. The van der Waals surface area contributed by atoms with E-state index >= 15 is 0 Å². The first-order chi connectivity index (χ1) is 14.2. The van der Waals surface area contributed by atoms with Gasteiger partial charge in [-0.2, -0.15) is 5.06 Å². The number of allylic oxidation sites excluding steroid dienone is 2. The molecule has 3 aliphatic heterocycles. The van der Waals surface area contributed by atoms with Crippen LogP contribution in [0.4, 0.5) is 0 Å². The molecule has 3 aliphatic rings. The maximum atomic E-state index is 9.45. The smallest absolute Gasteiger partial charge is 0.118 e. The first-order valence-electron chi connectivity index (χ1n) is 10.4. The first kappa shape index (κ1) is 21.7. The Kier molecular flexibility index (Phi) is 8.39. The molecule has 7 nitrogen and oxygen atoms in total. The predicted molar refractivity (Wildman–Crippen MR) is 119 cm³/mol. The molecule has 0 bridgehead atoms. The zero-order chi connectivity index (χ0) is 20.5. The van der Waals surface area contributed by atoms with Crippen molar-refractivity contribution in [3.05, 3.63) is 59.4 Å². The fourth-order valence-electron chi connectivity index (χ4n) is 3.88. The Morgan fingerprint density at radius 2 is 1.97 bits per heavy atom. The number of aliphatic imine (C=N–C) groups is 1. The molecule has 2 fully saturated rings. The van der Waals surface area contributed by atoms with Crippen molar-refractivity contribution in [2.75, 3.05) is 26.2 Å². The third kappa shape index (κ3) is 6.48. The number of nitrogens with one attached hydrogen (secondary N) is 2. The van der Waals surface area contributed by atoms with Crippen LogP contribution in [0.15, 0.2) is 58.9 Å². The van der Waals surface area contributed by atoms with Crippen LogP contribution in [-0.4, -0.2) is 53.9 Å². The second-order valence-electron chi connectivity index (χ2n) is 7.73. The summed E-state index contributed by atoms with van der Waals surface area (Å²) < 4.78 is 0. The number of hydroxylamine groups is 2. The van der Waals surface area contributed by atoms with E-state index in [4.69, 9.17) is 15.8 Å². The van der Waals surface area contributed by atoms with Gasteiger partial charge in [-0.15, -0.1) is 0 Å². The molecule has 1 aromatic rings. The van der Waals surface area contributed by atoms with Gasteiger partial charge in [-0.25, -0.2) is 0 Å². The van der Waals surface area contributed by atoms with Gasteiger partial charge in [-0.1, -0.05) is 30.3 Å². The van der Waals surface area contributed by atoms with Crippen LogP contribution in [0, 0.1) is 11.8 Å². The second-order valence-corrected chi connectivity index (χ2v) is 7.73. The Hall–Kier alpha value is -2.03. The summed E-state index contributed by atoms with van der Waals surface area (Å²) in [7, 11) is 0. The van der Waals surface area contributed by atoms with Crippen LogP contribution in [0.3, 0.4) is 0 Å². The van der Waals surface area contributed by atoms with Gasteiger partial charge in [0.2, 0.25) is 0 Å². The highest BCUT2D eigenvalue weighted by atomic mass is 16.5. The fourth-order valence-corrected chi connectivity index (χ4v) is 3.88. The van der Waals surface area contributed by atoms with Crippen molar-refractivity contribution >= 4 is 6.21 Å². The van der Waals surface area contributed by atoms with E-state index in [9.17, 15) is 5.21 Å². The summed E-state index contributed by atoms with van der Waals surface area (Å²) in [6.07, 6.45) is 9.02. The maximum Gasteiger partial charge on any atom is 0.118 e. The van der Waals surface area contributed by atoms with Gasteiger partial charge in [-0.05, 0) is 61.7 Å². The monoisotopic (exact) mass is 403 g/mol. The number of dihydropyridines is 1. The van der Waals surface area contributed by atoms with Crippen LogP contribution in [0.5, 0.6) is 0 Å². The van der Waals surface area contributed by atoms with E-state index in [1.807, 2.05) is 42.7 Å². The number of nitrogens with two attached hydrogens (primary N) is 1. The zero-order valence-corrected chi connectivity index (χ0v) is 16.9. The number of aliphatic hydroxyl groups is 1. The highest BCUT2D eigenvalue weighted by Gasteiger charge is 2.25. The molecule has 29 heavy (non-hydrogen) atoms. The van der Waals surface area contributed by atoms with E-state index in [-0.39, 0.29) is 15.6 Å². The van der Waals surface area contributed by atoms with Crippen LogP contribution in [0.1, 0.15) is 27.7 Å². The largest absolute Gasteiger partial charge is 0.392 e. The number of piperidine rings is 1. The van der Waals surface area contributed by atoms with E-state index in [0.717, 1.165) is 50.2 Å². The van der Waals surface area contributed by atoms with Crippen molar-refractivity contribution in [3.8, 4) is 0 Å². The highest BCUT2D eigenvalue weighted by molar-refractivity contribution is 5.64. The van der Waals surface area contributed by atoms with E-state index in [2.05, 4.69) is 16.7 Å². The molecule has 1 aromatic carbocycles. The molecule has 0 radical (unpaired) electrons. The summed E-state index contributed by atoms with van der Waals surface area (Å²) >= 11 is 0. The van der Waals surface area contributed by atoms with Crippen LogP contribution < -0.4 is 16.4 Å². The molecule has 2 unspecified atom stereocenters. The molecular formula is C22H37N5O2. The summed E-state index contributed by atoms with van der Waals surface area (Å²) in [5.74, 6) is 0.857. The number of hydrogen-bond donors (Lipinski definition) is 5. The molecule has 0 spiro atoms. The van der Waals surface area contributed by atoms with Crippen molar-refractivity contribution in [3.63, 3.8) is 0 Å². The molecule has 0 aromatic heterocycles. The summed E-state index contributed by atoms with van der Waals surface area (Å²) in [6.45, 7) is 3.65. The van der Waals surface area contributed by atoms with Crippen LogP contribution >= 0.6 is 0 Å². The number of rotatable bonds is 4. The van der Waals surface area contributed by atoms with E-state index in [1.165, 1.54) is 10.6 Å². The second kappa shape index (κ2) is 11.2. The fraction of sp³-hybridized carbons (Fsp3) is 0.500. The number of nitrogens with zero attached hydrogens (tertiary/aromatic N) is 2. The lowest BCUT2D eigenvalue weighted by Crippen LogP contribution is -2.39. The molecule has 2 saturated heterocycles. The molecule has 4 rings (SSSR count). The van der Waals surface area contributed by atoms with Gasteiger partial charge in [0.15, 0.2) is 0 Å². The summed E-state index contributed by atoms with van der Waals surface area (Å²) in [4.78, 5) is 4.69. The Bertz CT molecular complexity index is 724.